The molecule has 0 aliphatic rings. The number of carbonyl (C=O) groups is 1. The van der Waals surface area contributed by atoms with Crippen LogP contribution in [0, 0.1) is 0 Å². The molecule has 0 aliphatic carbocycles. The van der Waals surface area contributed by atoms with Gasteiger partial charge in [-0.3, -0.25) is 4.79 Å². The van der Waals surface area contributed by atoms with E-state index in [1.54, 1.807) is 13.0 Å². The smallest absolute Gasteiger partial charge is 0.159 e. The molecule has 0 heterocycles. The van der Waals surface area contributed by atoms with Gasteiger partial charge in [-0.05, 0) is 25.0 Å². The fourth-order valence-electron chi connectivity index (χ4n) is 1.45. The van der Waals surface area contributed by atoms with Gasteiger partial charge in [0.1, 0.15) is 0 Å². The summed E-state index contributed by atoms with van der Waals surface area (Å²) in [6, 6.07) is 7.59. The van der Waals surface area contributed by atoms with Crippen LogP contribution in [0.5, 0.6) is 0 Å². The Hall–Kier alpha value is -1.89. The second-order valence-electron chi connectivity index (χ2n) is 3.49. The van der Waals surface area contributed by atoms with Crippen LogP contribution in [-0.4, -0.2) is 5.78 Å². The zero-order valence-corrected chi connectivity index (χ0v) is 11.7. The summed E-state index contributed by atoms with van der Waals surface area (Å²) < 4.78 is 0. The molecule has 1 aromatic rings. The molecule has 0 amide bonds. The van der Waals surface area contributed by atoms with E-state index in [1.165, 1.54) is 0 Å². The predicted octanol–water partition coefficient (Wildman–Crippen LogP) is 5.06. The Bertz CT molecular complexity index is 433. The Morgan fingerprint density at radius 3 is 2.00 bits per heavy atom. The van der Waals surface area contributed by atoms with E-state index < -0.39 is 0 Å². The maximum Gasteiger partial charge on any atom is 0.159 e. The van der Waals surface area contributed by atoms with Crippen molar-refractivity contribution in [3.05, 3.63) is 66.3 Å². The van der Waals surface area contributed by atoms with Crippen molar-refractivity contribution in [2.45, 2.75) is 27.7 Å². The minimum atomic E-state index is 0.0897. The first-order valence-corrected chi connectivity index (χ1v) is 6.26. The fourth-order valence-corrected chi connectivity index (χ4v) is 1.45. The first-order valence-electron chi connectivity index (χ1n) is 6.26. The summed E-state index contributed by atoms with van der Waals surface area (Å²) in [5.74, 6) is 0.0897. The van der Waals surface area contributed by atoms with Crippen molar-refractivity contribution >= 4 is 11.4 Å². The predicted molar refractivity (Wildman–Crippen MR) is 80.8 cm³/mol. The molecule has 1 aromatic carbocycles. The highest BCUT2D eigenvalue weighted by Gasteiger charge is 2.00. The van der Waals surface area contributed by atoms with Gasteiger partial charge in [-0.1, -0.05) is 69.0 Å². The van der Waals surface area contributed by atoms with Crippen molar-refractivity contribution in [3.63, 3.8) is 0 Å². The summed E-state index contributed by atoms with van der Waals surface area (Å²) in [5, 5.41) is 0. The van der Waals surface area contributed by atoms with Gasteiger partial charge in [0.15, 0.2) is 5.78 Å². The molecule has 96 valence electrons. The number of hydrogen-bond acceptors (Lipinski definition) is 1. The van der Waals surface area contributed by atoms with Crippen LogP contribution < -0.4 is 0 Å². The largest absolute Gasteiger partial charge is 0.295 e. The molecule has 0 N–H and O–H groups in total. The molecule has 0 fully saturated rings. The lowest BCUT2D eigenvalue weighted by atomic mass is 10.0. The first kappa shape index (κ1) is 16.1. The Balaban J connectivity index is 0.00000137. The first-order chi connectivity index (χ1) is 8.69. The molecule has 0 saturated heterocycles. The second-order valence-corrected chi connectivity index (χ2v) is 3.49. The van der Waals surface area contributed by atoms with Crippen LogP contribution in [0.4, 0.5) is 0 Å². The third kappa shape index (κ3) is 4.96. The van der Waals surface area contributed by atoms with E-state index in [-0.39, 0.29) is 5.78 Å². The van der Waals surface area contributed by atoms with Gasteiger partial charge in [-0.2, -0.15) is 0 Å². The van der Waals surface area contributed by atoms with E-state index in [9.17, 15) is 4.79 Å². The summed E-state index contributed by atoms with van der Waals surface area (Å²) in [5.41, 5.74) is 2.91. The molecule has 0 unspecified atom stereocenters. The summed E-state index contributed by atoms with van der Waals surface area (Å²) in [6.45, 7) is 11.2. The van der Waals surface area contributed by atoms with Gasteiger partial charge in [0, 0.05) is 5.56 Å². The topological polar surface area (TPSA) is 17.1 Å². The average Bonchev–Trinajstić information content (AvgIpc) is 2.41. The van der Waals surface area contributed by atoms with Gasteiger partial charge < -0.3 is 0 Å². The normalized spacial score (nSPS) is 10.8. The van der Waals surface area contributed by atoms with Crippen LogP contribution >= 0.6 is 0 Å². The molecule has 1 nitrogen and oxygen atoms in total. The van der Waals surface area contributed by atoms with Crippen LogP contribution in [-0.2, 0) is 0 Å². The lowest BCUT2D eigenvalue weighted by Gasteiger charge is -2.02. The van der Waals surface area contributed by atoms with Crippen molar-refractivity contribution in [2.75, 3.05) is 0 Å². The zero-order valence-electron chi connectivity index (χ0n) is 11.7. The van der Waals surface area contributed by atoms with Crippen LogP contribution in [0.3, 0.4) is 0 Å². The Kier molecular flexibility index (Phi) is 8.21. The van der Waals surface area contributed by atoms with Crippen molar-refractivity contribution < 1.29 is 4.79 Å². The number of rotatable bonds is 4. The van der Waals surface area contributed by atoms with Crippen LogP contribution in [0.25, 0.3) is 5.57 Å². The van der Waals surface area contributed by atoms with Gasteiger partial charge in [-0.15, -0.1) is 0 Å². The van der Waals surface area contributed by atoms with Gasteiger partial charge in [-0.25, -0.2) is 0 Å². The summed E-state index contributed by atoms with van der Waals surface area (Å²) in [4.78, 5) is 11.1. The highest BCUT2D eigenvalue weighted by Crippen LogP contribution is 2.17. The Labute approximate surface area is 111 Å². The zero-order chi connectivity index (χ0) is 14.0. The van der Waals surface area contributed by atoms with Gasteiger partial charge in [0.2, 0.25) is 0 Å². The molecule has 18 heavy (non-hydrogen) atoms. The summed E-state index contributed by atoms with van der Waals surface area (Å²) >= 11 is 0. The van der Waals surface area contributed by atoms with E-state index in [2.05, 4.69) is 6.58 Å². The minimum absolute atomic E-state index is 0.0897. The van der Waals surface area contributed by atoms with Crippen molar-refractivity contribution in [3.8, 4) is 0 Å². The summed E-state index contributed by atoms with van der Waals surface area (Å²) in [7, 11) is 0. The summed E-state index contributed by atoms with van der Waals surface area (Å²) in [6.07, 6.45) is 7.70. The molecular weight excluding hydrogens is 220 g/mol. The quantitative estimate of drug-likeness (QED) is 0.532. The van der Waals surface area contributed by atoms with Crippen LogP contribution in [0.15, 0.2) is 55.1 Å². The fraction of sp³-hybridized carbons (Fsp3) is 0.235. The molecule has 0 saturated carbocycles. The van der Waals surface area contributed by atoms with Crippen LogP contribution in [0.1, 0.15) is 43.6 Å². The van der Waals surface area contributed by atoms with Crippen molar-refractivity contribution in [2.24, 2.45) is 0 Å². The highest BCUT2D eigenvalue weighted by atomic mass is 16.1. The molecule has 0 aromatic heterocycles. The van der Waals surface area contributed by atoms with E-state index in [4.69, 9.17) is 0 Å². The van der Waals surface area contributed by atoms with Gasteiger partial charge in [0.25, 0.3) is 0 Å². The number of allylic oxidation sites excluding steroid dienone is 5. The Morgan fingerprint density at radius 1 is 1.11 bits per heavy atom. The Morgan fingerprint density at radius 2 is 1.61 bits per heavy atom. The molecule has 1 heteroatoms. The molecule has 1 rings (SSSR count). The average molecular weight is 242 g/mol. The number of benzene rings is 1. The molecule has 0 spiro atoms. The van der Waals surface area contributed by atoms with Crippen molar-refractivity contribution in [1.29, 1.82) is 0 Å². The van der Waals surface area contributed by atoms with E-state index in [0.29, 0.717) is 0 Å². The SMILES string of the molecule is C=C/C=C(\C=C/C)c1ccc(C(C)=O)cc1.CC. The molecule has 0 bridgehead atoms. The standard InChI is InChI=1S/C15H16O.C2H6/c1-4-6-14(7-5-2)15-10-8-13(9-11-15)12(3)16;1-2/h4-11H,1H2,2-3H3;1-2H3/b7-5-,14-6+;. The minimum Gasteiger partial charge on any atom is -0.295 e. The lowest BCUT2D eigenvalue weighted by molar-refractivity contribution is 0.101. The highest BCUT2D eigenvalue weighted by molar-refractivity contribution is 5.94. The third-order valence-electron chi connectivity index (χ3n) is 2.27. The molecule has 0 atom stereocenters. The number of ketones is 1. The molecular formula is C17H22O. The number of Topliss-reactive ketones (excluding diaryl/α,β-unsaturated/α-hetero) is 1. The lowest BCUT2D eigenvalue weighted by Crippen LogP contribution is -1.91. The molecule has 0 radical (unpaired) electrons. The van der Waals surface area contributed by atoms with E-state index in [0.717, 1.165) is 16.7 Å². The van der Waals surface area contributed by atoms with Gasteiger partial charge >= 0.3 is 0 Å². The van der Waals surface area contributed by atoms with Crippen LogP contribution in [0.2, 0.25) is 0 Å². The van der Waals surface area contributed by atoms with Crippen molar-refractivity contribution in [1.82, 2.24) is 0 Å². The number of carbonyl (C=O) groups excluding carboxylic acids is 1. The van der Waals surface area contributed by atoms with Gasteiger partial charge in [0.05, 0.1) is 0 Å². The second kappa shape index (κ2) is 9.17. The third-order valence-corrected chi connectivity index (χ3v) is 2.27. The maximum absolute atomic E-state index is 11.1. The van der Waals surface area contributed by atoms with E-state index >= 15 is 0 Å². The monoisotopic (exact) mass is 242 g/mol. The number of hydrogen-bond donors (Lipinski definition) is 0. The molecule has 0 aliphatic heterocycles. The maximum atomic E-state index is 11.1. The van der Waals surface area contributed by atoms with E-state index in [1.807, 2.05) is 63.3 Å².